The van der Waals surface area contributed by atoms with Crippen molar-refractivity contribution in [3.05, 3.63) is 52.1 Å². The van der Waals surface area contributed by atoms with E-state index in [1.165, 1.54) is 7.11 Å². The molecule has 0 saturated heterocycles. The Morgan fingerprint density at radius 2 is 2.11 bits per heavy atom. The van der Waals surface area contributed by atoms with Crippen LogP contribution in [0.2, 0.25) is 0 Å². The SMILES string of the molecule is COc1ncccc1CNc1cc(F)c(Br)cc1F. The fourth-order valence-electron chi connectivity index (χ4n) is 1.59. The van der Waals surface area contributed by atoms with Crippen LogP contribution in [0.25, 0.3) is 0 Å². The van der Waals surface area contributed by atoms with Gasteiger partial charge in [0.25, 0.3) is 0 Å². The fourth-order valence-corrected chi connectivity index (χ4v) is 1.91. The molecule has 0 spiro atoms. The van der Waals surface area contributed by atoms with Crippen LogP contribution in [0, 0.1) is 11.6 Å². The van der Waals surface area contributed by atoms with Gasteiger partial charge in [0, 0.05) is 24.4 Å². The van der Waals surface area contributed by atoms with E-state index in [0.29, 0.717) is 5.88 Å². The highest BCUT2D eigenvalue weighted by atomic mass is 79.9. The van der Waals surface area contributed by atoms with Crippen LogP contribution < -0.4 is 10.1 Å². The molecule has 1 heterocycles. The summed E-state index contributed by atoms with van der Waals surface area (Å²) in [6, 6.07) is 5.73. The van der Waals surface area contributed by atoms with Gasteiger partial charge in [0.05, 0.1) is 17.3 Å². The highest BCUT2D eigenvalue weighted by Crippen LogP contribution is 2.24. The van der Waals surface area contributed by atoms with Crippen molar-refractivity contribution in [1.82, 2.24) is 4.98 Å². The van der Waals surface area contributed by atoms with E-state index in [9.17, 15) is 8.78 Å². The number of aromatic nitrogens is 1. The third kappa shape index (κ3) is 3.20. The summed E-state index contributed by atoms with van der Waals surface area (Å²) in [4.78, 5) is 4.03. The molecule has 0 aliphatic carbocycles. The average molecular weight is 329 g/mol. The van der Waals surface area contributed by atoms with Crippen LogP contribution in [0.1, 0.15) is 5.56 Å². The molecule has 0 aliphatic rings. The van der Waals surface area contributed by atoms with Gasteiger partial charge in [-0.3, -0.25) is 0 Å². The molecule has 1 aromatic carbocycles. The molecule has 19 heavy (non-hydrogen) atoms. The van der Waals surface area contributed by atoms with E-state index in [4.69, 9.17) is 4.74 Å². The van der Waals surface area contributed by atoms with Gasteiger partial charge in [-0.15, -0.1) is 0 Å². The molecule has 2 rings (SSSR count). The predicted molar refractivity (Wildman–Crippen MR) is 72.2 cm³/mol. The second-order valence-corrected chi connectivity index (χ2v) is 4.63. The number of ether oxygens (including phenoxy) is 1. The molecular formula is C13H11BrF2N2O. The summed E-state index contributed by atoms with van der Waals surface area (Å²) in [6.45, 7) is 0.287. The molecule has 100 valence electrons. The zero-order valence-electron chi connectivity index (χ0n) is 10.1. The molecular weight excluding hydrogens is 318 g/mol. The number of methoxy groups -OCH3 is 1. The lowest BCUT2D eigenvalue weighted by molar-refractivity contribution is 0.393. The Hall–Kier alpha value is -1.69. The van der Waals surface area contributed by atoms with Crippen molar-refractivity contribution in [2.75, 3.05) is 12.4 Å². The zero-order valence-corrected chi connectivity index (χ0v) is 11.7. The molecule has 0 aliphatic heterocycles. The molecule has 0 bridgehead atoms. The molecule has 6 heteroatoms. The normalized spacial score (nSPS) is 10.3. The third-order valence-electron chi connectivity index (χ3n) is 2.52. The fraction of sp³-hybridized carbons (Fsp3) is 0.154. The molecule has 0 unspecified atom stereocenters. The Morgan fingerprint density at radius 3 is 2.84 bits per heavy atom. The summed E-state index contributed by atoms with van der Waals surface area (Å²) in [6.07, 6.45) is 1.60. The summed E-state index contributed by atoms with van der Waals surface area (Å²) in [5, 5.41) is 2.82. The van der Waals surface area contributed by atoms with Gasteiger partial charge in [0.1, 0.15) is 11.6 Å². The number of pyridine rings is 1. The van der Waals surface area contributed by atoms with Crippen LogP contribution in [0.15, 0.2) is 34.9 Å². The first-order valence-electron chi connectivity index (χ1n) is 5.48. The van der Waals surface area contributed by atoms with Crippen LogP contribution in [0.4, 0.5) is 14.5 Å². The van der Waals surface area contributed by atoms with Crippen LogP contribution in [-0.2, 0) is 6.54 Å². The van der Waals surface area contributed by atoms with Gasteiger partial charge in [0.15, 0.2) is 0 Å². The van der Waals surface area contributed by atoms with E-state index in [-0.39, 0.29) is 16.7 Å². The molecule has 1 N–H and O–H groups in total. The number of halogens is 3. The van der Waals surface area contributed by atoms with Gasteiger partial charge >= 0.3 is 0 Å². The first-order chi connectivity index (χ1) is 9.11. The summed E-state index contributed by atoms with van der Waals surface area (Å²) in [5.41, 5.74) is 0.847. The van der Waals surface area contributed by atoms with E-state index in [1.54, 1.807) is 18.3 Å². The quantitative estimate of drug-likeness (QED) is 0.868. The highest BCUT2D eigenvalue weighted by Gasteiger charge is 2.09. The number of nitrogens with zero attached hydrogens (tertiary/aromatic N) is 1. The highest BCUT2D eigenvalue weighted by molar-refractivity contribution is 9.10. The summed E-state index contributed by atoms with van der Waals surface area (Å²) >= 11 is 2.93. The van der Waals surface area contributed by atoms with Gasteiger partial charge in [-0.05, 0) is 28.1 Å². The second-order valence-electron chi connectivity index (χ2n) is 3.77. The maximum absolute atomic E-state index is 13.6. The van der Waals surface area contributed by atoms with Gasteiger partial charge in [-0.2, -0.15) is 0 Å². The lowest BCUT2D eigenvalue weighted by Gasteiger charge is -2.10. The van der Waals surface area contributed by atoms with E-state index in [1.807, 2.05) is 0 Å². The molecule has 0 fully saturated rings. The molecule has 0 radical (unpaired) electrons. The summed E-state index contributed by atoms with van der Waals surface area (Å²) < 4.78 is 32.1. The van der Waals surface area contributed by atoms with Crippen LogP contribution in [-0.4, -0.2) is 12.1 Å². The van der Waals surface area contributed by atoms with Gasteiger partial charge in [-0.25, -0.2) is 13.8 Å². The Kier molecular flexibility index (Phi) is 4.31. The summed E-state index contributed by atoms with van der Waals surface area (Å²) in [7, 11) is 1.51. The lowest BCUT2D eigenvalue weighted by atomic mass is 10.2. The van der Waals surface area contributed by atoms with Gasteiger partial charge < -0.3 is 10.1 Å². The smallest absolute Gasteiger partial charge is 0.218 e. The zero-order chi connectivity index (χ0) is 13.8. The van der Waals surface area contributed by atoms with Crippen molar-refractivity contribution in [3.63, 3.8) is 0 Å². The Balaban J connectivity index is 2.17. The van der Waals surface area contributed by atoms with Gasteiger partial charge in [-0.1, -0.05) is 6.07 Å². The van der Waals surface area contributed by atoms with E-state index < -0.39 is 11.6 Å². The molecule has 1 aromatic heterocycles. The molecule has 0 saturated carbocycles. The van der Waals surface area contributed by atoms with E-state index >= 15 is 0 Å². The van der Waals surface area contributed by atoms with Crippen LogP contribution in [0.3, 0.4) is 0 Å². The molecule has 0 amide bonds. The average Bonchev–Trinajstić information content (AvgIpc) is 2.41. The minimum Gasteiger partial charge on any atom is -0.481 e. The van der Waals surface area contributed by atoms with E-state index in [2.05, 4.69) is 26.2 Å². The van der Waals surface area contributed by atoms with Crippen molar-refractivity contribution in [2.24, 2.45) is 0 Å². The van der Waals surface area contributed by atoms with Crippen molar-refractivity contribution < 1.29 is 13.5 Å². The minimum atomic E-state index is -0.531. The number of hydrogen-bond acceptors (Lipinski definition) is 3. The number of benzene rings is 1. The maximum Gasteiger partial charge on any atom is 0.218 e. The van der Waals surface area contributed by atoms with Crippen molar-refractivity contribution >= 4 is 21.6 Å². The van der Waals surface area contributed by atoms with Crippen molar-refractivity contribution in [1.29, 1.82) is 0 Å². The Labute approximate surface area is 117 Å². The lowest BCUT2D eigenvalue weighted by Crippen LogP contribution is -2.04. The van der Waals surface area contributed by atoms with E-state index in [0.717, 1.165) is 17.7 Å². The van der Waals surface area contributed by atoms with Crippen molar-refractivity contribution in [2.45, 2.75) is 6.54 Å². The third-order valence-corrected chi connectivity index (χ3v) is 3.13. The molecule has 3 nitrogen and oxygen atoms in total. The monoisotopic (exact) mass is 328 g/mol. The number of rotatable bonds is 4. The van der Waals surface area contributed by atoms with Crippen LogP contribution >= 0.6 is 15.9 Å². The topological polar surface area (TPSA) is 34.1 Å². The minimum absolute atomic E-state index is 0.0895. The first-order valence-corrected chi connectivity index (χ1v) is 6.27. The molecule has 2 aromatic rings. The summed E-state index contributed by atoms with van der Waals surface area (Å²) in [5.74, 6) is -0.605. The second kappa shape index (κ2) is 5.97. The largest absolute Gasteiger partial charge is 0.481 e. The number of hydrogen-bond donors (Lipinski definition) is 1. The Morgan fingerprint density at radius 1 is 1.32 bits per heavy atom. The van der Waals surface area contributed by atoms with Gasteiger partial charge in [0.2, 0.25) is 5.88 Å². The maximum atomic E-state index is 13.6. The Bertz CT molecular complexity index is 593. The first kappa shape index (κ1) is 13.7. The molecule has 0 atom stereocenters. The number of nitrogens with one attached hydrogen (secondary N) is 1. The predicted octanol–water partition coefficient (Wildman–Crippen LogP) is 3.74. The number of anilines is 1. The van der Waals surface area contributed by atoms with Crippen molar-refractivity contribution in [3.8, 4) is 5.88 Å². The standard InChI is InChI=1S/C13H11BrF2N2O/c1-19-13-8(3-2-4-17-13)7-18-12-6-10(15)9(14)5-11(12)16/h2-6,18H,7H2,1H3. The van der Waals surface area contributed by atoms with Crippen LogP contribution in [0.5, 0.6) is 5.88 Å².